The van der Waals surface area contributed by atoms with Crippen LogP contribution in [0.4, 0.5) is 5.69 Å². The summed E-state index contributed by atoms with van der Waals surface area (Å²) in [7, 11) is 3.88. The smallest absolute Gasteiger partial charge is 0.290 e. The van der Waals surface area contributed by atoms with Crippen molar-refractivity contribution < 1.29 is 19.1 Å². The quantitative estimate of drug-likeness (QED) is 0.593. The van der Waals surface area contributed by atoms with Gasteiger partial charge in [-0.25, -0.2) is 0 Å². The van der Waals surface area contributed by atoms with Gasteiger partial charge in [0.2, 0.25) is 5.78 Å². The molecule has 1 aromatic carbocycles. The Morgan fingerprint density at radius 1 is 1.17 bits per heavy atom. The Labute approximate surface area is 178 Å². The van der Waals surface area contributed by atoms with Gasteiger partial charge in [-0.1, -0.05) is 18.2 Å². The van der Waals surface area contributed by atoms with Crippen LogP contribution < -0.4 is 4.90 Å². The van der Waals surface area contributed by atoms with Gasteiger partial charge in [-0.15, -0.1) is 11.3 Å². The molecule has 7 heteroatoms. The highest BCUT2D eigenvalue weighted by atomic mass is 32.1. The van der Waals surface area contributed by atoms with Crippen LogP contribution in [-0.2, 0) is 11.3 Å². The number of ketones is 1. The van der Waals surface area contributed by atoms with Crippen molar-refractivity contribution >= 4 is 28.7 Å². The third kappa shape index (κ3) is 3.52. The van der Waals surface area contributed by atoms with E-state index in [0.29, 0.717) is 12.3 Å². The number of amides is 1. The lowest BCUT2D eigenvalue weighted by Gasteiger charge is -2.26. The number of furan rings is 1. The summed E-state index contributed by atoms with van der Waals surface area (Å²) < 4.78 is 5.49. The van der Waals surface area contributed by atoms with Gasteiger partial charge < -0.3 is 19.3 Å². The molecule has 1 amide bonds. The van der Waals surface area contributed by atoms with Crippen molar-refractivity contribution in [3.05, 3.63) is 87.2 Å². The number of aliphatic hydroxyl groups excluding tert-OH is 1. The zero-order chi connectivity index (χ0) is 21.4. The molecule has 30 heavy (non-hydrogen) atoms. The van der Waals surface area contributed by atoms with Gasteiger partial charge in [-0.3, -0.25) is 9.59 Å². The third-order valence-electron chi connectivity index (χ3n) is 5.14. The van der Waals surface area contributed by atoms with Crippen molar-refractivity contribution in [3.8, 4) is 0 Å². The number of carbonyl (C=O) groups is 2. The second-order valence-corrected chi connectivity index (χ2v) is 8.43. The van der Waals surface area contributed by atoms with Gasteiger partial charge in [0.1, 0.15) is 5.76 Å². The summed E-state index contributed by atoms with van der Waals surface area (Å²) >= 11 is 1.52. The molecule has 2 aromatic heterocycles. The van der Waals surface area contributed by atoms with Crippen molar-refractivity contribution in [2.45, 2.75) is 19.5 Å². The number of Topliss-reactive ketones (excluding diaryl/α,β-unsaturated/α-hetero) is 1. The summed E-state index contributed by atoms with van der Waals surface area (Å²) in [5.41, 5.74) is 1.79. The van der Waals surface area contributed by atoms with E-state index in [-0.39, 0.29) is 11.3 Å². The van der Waals surface area contributed by atoms with Gasteiger partial charge in [0.05, 0.1) is 18.2 Å². The van der Waals surface area contributed by atoms with Crippen LogP contribution in [0.5, 0.6) is 0 Å². The van der Waals surface area contributed by atoms with E-state index in [4.69, 9.17) is 4.42 Å². The zero-order valence-electron chi connectivity index (χ0n) is 17.0. The van der Waals surface area contributed by atoms with Crippen LogP contribution in [0.3, 0.4) is 0 Å². The molecule has 1 N–H and O–H groups in total. The highest BCUT2D eigenvalue weighted by Crippen LogP contribution is 2.40. The number of rotatable bonds is 6. The van der Waals surface area contributed by atoms with Crippen molar-refractivity contribution in [3.63, 3.8) is 0 Å². The van der Waals surface area contributed by atoms with Crippen LogP contribution in [0.1, 0.15) is 32.8 Å². The summed E-state index contributed by atoms with van der Waals surface area (Å²) in [6, 6.07) is 14.0. The molecule has 154 valence electrons. The molecule has 0 bridgehead atoms. The molecule has 1 atom stereocenters. The van der Waals surface area contributed by atoms with Crippen LogP contribution >= 0.6 is 11.3 Å². The molecule has 0 fully saturated rings. The number of aliphatic hydroxyl groups is 1. The van der Waals surface area contributed by atoms with Crippen LogP contribution in [0.15, 0.2) is 69.7 Å². The number of benzene rings is 1. The average molecular weight is 423 g/mol. The zero-order valence-corrected chi connectivity index (χ0v) is 17.8. The number of aryl methyl sites for hydroxylation is 1. The van der Waals surface area contributed by atoms with Gasteiger partial charge in [-0.2, -0.15) is 0 Å². The van der Waals surface area contributed by atoms with E-state index in [1.165, 1.54) is 16.2 Å². The fraction of sp³-hybridized carbons (Fsp3) is 0.217. The fourth-order valence-corrected chi connectivity index (χ4v) is 4.31. The Bertz CT molecular complexity index is 1110. The molecule has 0 radical (unpaired) electrons. The van der Waals surface area contributed by atoms with Gasteiger partial charge in [0.25, 0.3) is 5.91 Å². The van der Waals surface area contributed by atoms with Gasteiger partial charge in [0, 0.05) is 24.7 Å². The lowest BCUT2D eigenvalue weighted by atomic mass is 9.95. The molecule has 0 saturated carbocycles. The van der Waals surface area contributed by atoms with E-state index in [1.807, 2.05) is 60.8 Å². The standard InChI is InChI=1S/C23H22N2O4S/c1-14-6-11-18(29-14)21(26)19-20(15-7-9-16(10-8-15)24(2)3)25(23(28)22(19)27)13-17-5-4-12-30-17/h4-12,20,27H,13H2,1-3H3. The molecule has 1 unspecified atom stereocenters. The topological polar surface area (TPSA) is 74.0 Å². The third-order valence-corrected chi connectivity index (χ3v) is 6.01. The van der Waals surface area contributed by atoms with E-state index >= 15 is 0 Å². The maximum Gasteiger partial charge on any atom is 0.290 e. The monoisotopic (exact) mass is 422 g/mol. The Morgan fingerprint density at radius 3 is 2.47 bits per heavy atom. The SMILES string of the molecule is Cc1ccc(C(=O)C2=C(O)C(=O)N(Cc3cccs3)C2c2ccc(N(C)C)cc2)o1. The second-order valence-electron chi connectivity index (χ2n) is 7.40. The summed E-state index contributed by atoms with van der Waals surface area (Å²) in [5, 5.41) is 12.6. The lowest BCUT2D eigenvalue weighted by molar-refractivity contribution is -0.130. The van der Waals surface area contributed by atoms with Gasteiger partial charge in [0.15, 0.2) is 11.5 Å². The van der Waals surface area contributed by atoms with Crippen molar-refractivity contribution in [2.24, 2.45) is 0 Å². The van der Waals surface area contributed by atoms with Gasteiger partial charge >= 0.3 is 0 Å². The first kappa shape index (κ1) is 20.0. The van der Waals surface area contributed by atoms with Crippen molar-refractivity contribution in [2.75, 3.05) is 19.0 Å². The largest absolute Gasteiger partial charge is 0.503 e. The first-order chi connectivity index (χ1) is 14.4. The Kier molecular flexibility index (Phi) is 5.22. The average Bonchev–Trinajstić information content (AvgIpc) is 3.45. The lowest BCUT2D eigenvalue weighted by Crippen LogP contribution is -2.30. The molecule has 1 aliphatic heterocycles. The second kappa shape index (κ2) is 7.84. The molecule has 3 heterocycles. The van der Waals surface area contributed by atoms with E-state index in [0.717, 1.165) is 16.1 Å². The molecule has 0 spiro atoms. The molecule has 6 nitrogen and oxygen atoms in total. The minimum Gasteiger partial charge on any atom is -0.503 e. The van der Waals surface area contributed by atoms with Crippen LogP contribution in [0, 0.1) is 6.92 Å². The molecular formula is C23H22N2O4S. The minimum atomic E-state index is -0.700. The summed E-state index contributed by atoms with van der Waals surface area (Å²) in [5.74, 6) is -0.867. The number of nitrogens with zero attached hydrogens (tertiary/aromatic N) is 2. The number of carbonyl (C=O) groups excluding carboxylic acids is 2. The van der Waals surface area contributed by atoms with Crippen molar-refractivity contribution in [1.29, 1.82) is 0 Å². The number of hydrogen-bond donors (Lipinski definition) is 1. The highest BCUT2D eigenvalue weighted by molar-refractivity contribution is 7.09. The van der Waals surface area contributed by atoms with Crippen LogP contribution in [0.25, 0.3) is 0 Å². The van der Waals surface area contributed by atoms with Crippen molar-refractivity contribution in [1.82, 2.24) is 4.90 Å². The fourth-order valence-electron chi connectivity index (χ4n) is 3.61. The number of hydrogen-bond acceptors (Lipinski definition) is 6. The normalized spacial score (nSPS) is 16.4. The Morgan fingerprint density at radius 2 is 1.90 bits per heavy atom. The first-order valence-corrected chi connectivity index (χ1v) is 10.4. The predicted molar refractivity (Wildman–Crippen MR) is 116 cm³/mol. The first-order valence-electron chi connectivity index (χ1n) is 9.51. The van der Waals surface area contributed by atoms with E-state index in [2.05, 4.69) is 0 Å². The molecule has 3 aromatic rings. The maximum atomic E-state index is 13.2. The summed E-state index contributed by atoms with van der Waals surface area (Å²) in [6.07, 6.45) is 0. The van der Waals surface area contributed by atoms with Crippen LogP contribution in [0.2, 0.25) is 0 Å². The predicted octanol–water partition coefficient (Wildman–Crippen LogP) is 4.49. The summed E-state index contributed by atoms with van der Waals surface area (Å²) in [4.78, 5) is 30.7. The van der Waals surface area contributed by atoms with E-state index in [9.17, 15) is 14.7 Å². The van der Waals surface area contributed by atoms with E-state index in [1.54, 1.807) is 19.1 Å². The Balaban J connectivity index is 1.79. The molecule has 1 aliphatic rings. The number of thiophene rings is 1. The van der Waals surface area contributed by atoms with Crippen LogP contribution in [-0.4, -0.2) is 35.8 Å². The van der Waals surface area contributed by atoms with E-state index < -0.39 is 23.5 Å². The summed E-state index contributed by atoms with van der Waals surface area (Å²) in [6.45, 7) is 2.04. The molecule has 0 aliphatic carbocycles. The molecule has 0 saturated heterocycles. The molecular weight excluding hydrogens is 400 g/mol. The number of anilines is 1. The Hall–Kier alpha value is -3.32. The molecule has 4 rings (SSSR count). The van der Waals surface area contributed by atoms with Gasteiger partial charge in [-0.05, 0) is 48.2 Å². The maximum absolute atomic E-state index is 13.2. The highest BCUT2D eigenvalue weighted by Gasteiger charge is 2.44. The minimum absolute atomic E-state index is 0.0449.